The van der Waals surface area contributed by atoms with Crippen molar-refractivity contribution in [3.8, 4) is 24.3 Å². The van der Waals surface area contributed by atoms with Gasteiger partial charge >= 0.3 is 0 Å². The minimum absolute atomic E-state index is 0.342. The smallest absolute Gasteiger partial charge is 0.217 e. The van der Waals surface area contributed by atoms with Gasteiger partial charge < -0.3 is 9.47 Å². The number of hydrogen-bond acceptors (Lipinski definition) is 7. The van der Waals surface area contributed by atoms with Crippen molar-refractivity contribution in [1.82, 2.24) is 0 Å². The lowest BCUT2D eigenvalue weighted by Gasteiger charge is -2.50. The SMILES string of the molecule is N#Cc1ccc(C2OC34CCCCCCC3C(C#N)(C(=N)O4)C2(C#N)C#N)cc1. The van der Waals surface area contributed by atoms with Gasteiger partial charge in [0.25, 0.3) is 0 Å². The van der Waals surface area contributed by atoms with Crippen LogP contribution in [0.2, 0.25) is 0 Å². The summed E-state index contributed by atoms with van der Waals surface area (Å²) >= 11 is 0. The maximum atomic E-state index is 10.3. The Balaban J connectivity index is 1.96. The molecule has 144 valence electrons. The van der Waals surface area contributed by atoms with E-state index in [0.717, 1.165) is 25.7 Å². The summed E-state index contributed by atoms with van der Waals surface area (Å²) < 4.78 is 12.4. The molecule has 0 amide bonds. The van der Waals surface area contributed by atoms with Gasteiger partial charge in [-0.25, -0.2) is 0 Å². The van der Waals surface area contributed by atoms with Gasteiger partial charge in [-0.15, -0.1) is 0 Å². The minimum Gasteiger partial charge on any atom is -0.447 e. The highest BCUT2D eigenvalue weighted by Crippen LogP contribution is 2.68. The molecule has 4 unspecified atom stereocenters. The third kappa shape index (κ3) is 2.26. The Bertz CT molecular complexity index is 1010. The van der Waals surface area contributed by atoms with Crippen LogP contribution < -0.4 is 0 Å². The van der Waals surface area contributed by atoms with E-state index >= 15 is 0 Å². The van der Waals surface area contributed by atoms with Crippen LogP contribution >= 0.6 is 0 Å². The van der Waals surface area contributed by atoms with Gasteiger partial charge in [-0.05, 0) is 30.5 Å². The molecule has 2 bridgehead atoms. The number of benzene rings is 1. The highest BCUT2D eigenvalue weighted by Gasteiger charge is 2.79. The molecule has 2 heterocycles. The summed E-state index contributed by atoms with van der Waals surface area (Å²) in [6.45, 7) is 0. The van der Waals surface area contributed by atoms with Crippen molar-refractivity contribution in [2.45, 2.75) is 50.4 Å². The topological polar surface area (TPSA) is 137 Å². The molecule has 3 fully saturated rings. The summed E-state index contributed by atoms with van der Waals surface area (Å²) in [6.07, 6.45) is 3.62. The summed E-state index contributed by atoms with van der Waals surface area (Å²) in [5.74, 6) is -2.09. The van der Waals surface area contributed by atoms with Crippen LogP contribution in [-0.2, 0) is 9.47 Å². The van der Waals surface area contributed by atoms with Crippen LogP contribution in [0.3, 0.4) is 0 Å². The molecule has 0 aromatic heterocycles. The Morgan fingerprint density at radius 1 is 0.931 bits per heavy atom. The lowest BCUT2D eigenvalue weighted by atomic mass is 9.52. The molecule has 7 heteroatoms. The zero-order valence-corrected chi connectivity index (χ0v) is 15.8. The van der Waals surface area contributed by atoms with Gasteiger partial charge in [0.1, 0.15) is 6.10 Å². The van der Waals surface area contributed by atoms with E-state index in [1.807, 2.05) is 6.07 Å². The third-order valence-electron chi connectivity index (χ3n) is 6.66. The molecular weight excluding hydrogens is 366 g/mol. The van der Waals surface area contributed by atoms with Gasteiger partial charge in [-0.2, -0.15) is 21.0 Å². The second kappa shape index (κ2) is 6.59. The van der Waals surface area contributed by atoms with Crippen molar-refractivity contribution in [3.05, 3.63) is 35.4 Å². The Hall–Kier alpha value is -3.39. The maximum Gasteiger partial charge on any atom is 0.217 e. The van der Waals surface area contributed by atoms with Crippen LogP contribution in [0.25, 0.3) is 0 Å². The number of hydrogen-bond donors (Lipinski definition) is 1. The zero-order chi connectivity index (χ0) is 20.7. The standard InChI is InChI=1S/C22H19N5O2/c23-11-15-6-8-16(9-7-15)18-20(12-24,13-25)21(14-26)17-5-3-1-2-4-10-22(17,28-18)29-19(21)27/h6-9,17-18,27H,1-5,10H2. The number of ether oxygens (including phenoxy) is 2. The van der Waals surface area contributed by atoms with Crippen molar-refractivity contribution in [2.75, 3.05) is 0 Å². The van der Waals surface area contributed by atoms with E-state index in [9.17, 15) is 15.8 Å². The number of nitrogens with zero attached hydrogens (tertiary/aromatic N) is 4. The highest BCUT2D eigenvalue weighted by atomic mass is 16.7. The Morgan fingerprint density at radius 2 is 1.62 bits per heavy atom. The monoisotopic (exact) mass is 385 g/mol. The highest BCUT2D eigenvalue weighted by molar-refractivity contribution is 5.89. The minimum atomic E-state index is -1.93. The van der Waals surface area contributed by atoms with Crippen LogP contribution in [0.5, 0.6) is 0 Å². The Morgan fingerprint density at radius 3 is 2.24 bits per heavy atom. The van der Waals surface area contributed by atoms with Crippen molar-refractivity contribution in [2.24, 2.45) is 16.7 Å². The van der Waals surface area contributed by atoms with Gasteiger partial charge in [0.15, 0.2) is 5.41 Å². The lowest BCUT2D eigenvalue weighted by molar-refractivity contribution is -0.289. The maximum absolute atomic E-state index is 10.3. The van der Waals surface area contributed by atoms with E-state index in [1.54, 1.807) is 24.3 Å². The zero-order valence-electron chi connectivity index (χ0n) is 15.8. The van der Waals surface area contributed by atoms with E-state index in [4.69, 9.17) is 20.1 Å². The fourth-order valence-electron chi connectivity index (χ4n) is 5.25. The molecule has 0 spiro atoms. The molecule has 1 N–H and O–H groups in total. The predicted molar refractivity (Wildman–Crippen MR) is 99.4 cm³/mol. The van der Waals surface area contributed by atoms with Crippen LogP contribution in [0.4, 0.5) is 0 Å². The van der Waals surface area contributed by atoms with E-state index in [1.165, 1.54) is 0 Å². The van der Waals surface area contributed by atoms with Crippen molar-refractivity contribution >= 4 is 5.90 Å². The lowest BCUT2D eigenvalue weighted by Crippen LogP contribution is -2.59. The van der Waals surface area contributed by atoms with E-state index in [2.05, 4.69) is 18.2 Å². The first kappa shape index (κ1) is 18.9. The number of nitrogens with one attached hydrogen (secondary N) is 1. The molecule has 7 nitrogen and oxygen atoms in total. The van der Waals surface area contributed by atoms with Gasteiger partial charge in [0.2, 0.25) is 17.1 Å². The normalized spacial score (nSPS) is 34.7. The molecule has 2 aliphatic heterocycles. The molecule has 1 aliphatic carbocycles. The molecule has 1 aromatic rings. The predicted octanol–water partition coefficient (Wildman–Crippen LogP) is 3.85. The van der Waals surface area contributed by atoms with Crippen molar-refractivity contribution < 1.29 is 9.47 Å². The molecule has 4 rings (SSSR count). The van der Waals surface area contributed by atoms with E-state index < -0.39 is 28.6 Å². The molecular formula is C22H19N5O2. The summed E-state index contributed by atoms with van der Waals surface area (Å²) in [5.41, 5.74) is -2.68. The molecule has 29 heavy (non-hydrogen) atoms. The van der Waals surface area contributed by atoms with Crippen molar-refractivity contribution in [1.29, 1.82) is 26.5 Å². The van der Waals surface area contributed by atoms with Crippen LogP contribution in [0.15, 0.2) is 24.3 Å². The Kier molecular flexibility index (Phi) is 4.31. The first-order chi connectivity index (χ1) is 14.0. The second-order valence-electron chi connectivity index (χ2n) is 7.93. The summed E-state index contributed by atoms with van der Waals surface area (Å²) in [7, 11) is 0. The average Bonchev–Trinajstić information content (AvgIpc) is 2.91. The molecule has 2 saturated heterocycles. The fraction of sp³-hybridized carbons (Fsp3) is 0.500. The van der Waals surface area contributed by atoms with Gasteiger partial charge in [-0.3, -0.25) is 5.41 Å². The average molecular weight is 385 g/mol. The molecule has 1 saturated carbocycles. The molecule has 0 radical (unpaired) electrons. The summed E-state index contributed by atoms with van der Waals surface area (Å²) in [6, 6.07) is 14.8. The first-order valence-corrected chi connectivity index (χ1v) is 9.73. The van der Waals surface area contributed by atoms with Gasteiger partial charge in [0, 0.05) is 6.42 Å². The van der Waals surface area contributed by atoms with Crippen LogP contribution in [0.1, 0.15) is 55.8 Å². The fourth-order valence-corrected chi connectivity index (χ4v) is 5.25. The summed E-state index contributed by atoms with van der Waals surface area (Å²) in [5, 5.41) is 48.4. The van der Waals surface area contributed by atoms with Gasteiger partial charge in [-0.1, -0.05) is 31.4 Å². The van der Waals surface area contributed by atoms with Crippen LogP contribution in [-0.4, -0.2) is 11.7 Å². The second-order valence-corrected chi connectivity index (χ2v) is 7.93. The van der Waals surface area contributed by atoms with Crippen LogP contribution in [0, 0.1) is 67.5 Å². The molecule has 1 aromatic carbocycles. The van der Waals surface area contributed by atoms with E-state index in [-0.39, 0.29) is 5.90 Å². The molecule has 3 aliphatic rings. The summed E-state index contributed by atoms with van der Waals surface area (Å²) in [4.78, 5) is 0. The van der Waals surface area contributed by atoms with E-state index in [0.29, 0.717) is 24.0 Å². The first-order valence-electron chi connectivity index (χ1n) is 9.73. The third-order valence-corrected chi connectivity index (χ3v) is 6.66. The number of nitriles is 4. The largest absolute Gasteiger partial charge is 0.447 e. The van der Waals surface area contributed by atoms with Gasteiger partial charge in [0.05, 0.1) is 35.8 Å². The number of rotatable bonds is 1. The molecule has 4 atom stereocenters. The Labute approximate surface area is 169 Å². The quantitative estimate of drug-likeness (QED) is 0.779. The van der Waals surface area contributed by atoms with Crippen molar-refractivity contribution in [3.63, 3.8) is 0 Å².